The molecule has 0 bridgehead atoms. The molecule has 28 heavy (non-hydrogen) atoms. The molecule has 2 aromatic rings. The number of hydrogen-bond donors (Lipinski definition) is 4. The quantitative estimate of drug-likeness (QED) is 0.535. The first-order chi connectivity index (χ1) is 13.3. The highest BCUT2D eigenvalue weighted by atomic mass is 16.5. The molecule has 0 aromatic heterocycles. The second-order valence-electron chi connectivity index (χ2n) is 5.64. The summed E-state index contributed by atoms with van der Waals surface area (Å²) in [7, 11) is 2.75. The standard InChI is InChI=1S/C20H20N2O6/c1-27-19-11(5-9-15(21)25)3-7-13(23)17(19)18-14(24)8-4-12(20(18)28-2)6-10-16(22)26/h3-10,23-24H,1-2H3,(H2,21,25)(H2,22,26)/b9-5-,10-6-. The van der Waals surface area contributed by atoms with Crippen molar-refractivity contribution in [3.8, 4) is 34.1 Å². The molecule has 2 aromatic carbocycles. The summed E-state index contributed by atoms with van der Waals surface area (Å²) in [6.07, 6.45) is 5.12. The fraction of sp³-hybridized carbons (Fsp3) is 0.100. The van der Waals surface area contributed by atoms with Crippen molar-refractivity contribution in [1.29, 1.82) is 0 Å². The lowest BCUT2D eigenvalue weighted by Gasteiger charge is -2.18. The van der Waals surface area contributed by atoms with Gasteiger partial charge in [-0.15, -0.1) is 0 Å². The lowest BCUT2D eigenvalue weighted by atomic mass is 9.95. The Kier molecular flexibility index (Phi) is 6.28. The van der Waals surface area contributed by atoms with Gasteiger partial charge in [-0.1, -0.05) is 0 Å². The van der Waals surface area contributed by atoms with Crippen molar-refractivity contribution in [3.05, 3.63) is 47.5 Å². The van der Waals surface area contributed by atoms with E-state index >= 15 is 0 Å². The maximum Gasteiger partial charge on any atom is 0.241 e. The molecule has 0 atom stereocenters. The van der Waals surface area contributed by atoms with Gasteiger partial charge in [-0.2, -0.15) is 0 Å². The highest BCUT2D eigenvalue weighted by Gasteiger charge is 2.23. The molecule has 2 rings (SSSR count). The lowest BCUT2D eigenvalue weighted by molar-refractivity contribution is -0.114. The Balaban J connectivity index is 2.83. The van der Waals surface area contributed by atoms with Gasteiger partial charge in [0.1, 0.15) is 23.0 Å². The molecule has 8 nitrogen and oxygen atoms in total. The Morgan fingerprint density at radius 3 is 1.43 bits per heavy atom. The van der Waals surface area contributed by atoms with E-state index in [1.807, 2.05) is 0 Å². The molecule has 146 valence electrons. The fourth-order valence-electron chi connectivity index (χ4n) is 2.71. The minimum Gasteiger partial charge on any atom is -0.507 e. The molecule has 0 saturated carbocycles. The normalized spacial score (nSPS) is 11.1. The van der Waals surface area contributed by atoms with Crippen molar-refractivity contribution >= 4 is 24.0 Å². The summed E-state index contributed by atoms with van der Waals surface area (Å²) in [6.45, 7) is 0. The maximum absolute atomic E-state index is 11.1. The number of primary amides is 2. The molecule has 6 N–H and O–H groups in total. The number of methoxy groups -OCH3 is 2. The topological polar surface area (TPSA) is 145 Å². The number of aromatic hydroxyl groups is 2. The van der Waals surface area contributed by atoms with Gasteiger partial charge >= 0.3 is 0 Å². The number of benzene rings is 2. The monoisotopic (exact) mass is 384 g/mol. The lowest BCUT2D eigenvalue weighted by Crippen LogP contribution is -2.05. The van der Waals surface area contributed by atoms with Gasteiger partial charge in [-0.05, 0) is 36.4 Å². The molecule has 0 aliphatic rings. The first kappa shape index (κ1) is 20.4. The van der Waals surface area contributed by atoms with E-state index in [0.717, 1.165) is 12.2 Å². The third-order valence-electron chi connectivity index (χ3n) is 3.84. The number of rotatable bonds is 7. The van der Waals surface area contributed by atoms with E-state index in [-0.39, 0.29) is 34.1 Å². The van der Waals surface area contributed by atoms with Crippen LogP contribution in [-0.2, 0) is 9.59 Å². The van der Waals surface area contributed by atoms with Crippen LogP contribution in [0, 0.1) is 0 Å². The van der Waals surface area contributed by atoms with Gasteiger partial charge in [0.2, 0.25) is 11.8 Å². The van der Waals surface area contributed by atoms with Crippen molar-refractivity contribution in [2.45, 2.75) is 0 Å². The van der Waals surface area contributed by atoms with Gasteiger partial charge in [-0.3, -0.25) is 9.59 Å². The summed E-state index contributed by atoms with van der Waals surface area (Å²) < 4.78 is 10.8. The Morgan fingerprint density at radius 2 is 1.14 bits per heavy atom. The molecule has 0 fully saturated rings. The van der Waals surface area contributed by atoms with Gasteiger partial charge in [0, 0.05) is 23.3 Å². The van der Waals surface area contributed by atoms with Crippen molar-refractivity contribution in [2.75, 3.05) is 14.2 Å². The van der Waals surface area contributed by atoms with Crippen LogP contribution in [0.25, 0.3) is 23.3 Å². The van der Waals surface area contributed by atoms with E-state index in [1.54, 1.807) is 0 Å². The van der Waals surface area contributed by atoms with E-state index in [1.165, 1.54) is 50.6 Å². The van der Waals surface area contributed by atoms with Gasteiger partial charge < -0.3 is 31.2 Å². The van der Waals surface area contributed by atoms with Gasteiger partial charge in [0.15, 0.2) is 0 Å². The zero-order chi connectivity index (χ0) is 20.8. The van der Waals surface area contributed by atoms with Crippen molar-refractivity contribution < 1.29 is 29.3 Å². The van der Waals surface area contributed by atoms with Crippen LogP contribution < -0.4 is 20.9 Å². The molecule has 0 spiro atoms. The van der Waals surface area contributed by atoms with Gasteiger partial charge in [-0.25, -0.2) is 0 Å². The second kappa shape index (κ2) is 8.63. The molecular formula is C20H20N2O6. The van der Waals surface area contributed by atoms with E-state index in [2.05, 4.69) is 0 Å². The molecule has 0 unspecified atom stereocenters. The van der Waals surface area contributed by atoms with Crippen LogP contribution in [0.2, 0.25) is 0 Å². The number of hydrogen-bond acceptors (Lipinski definition) is 6. The largest absolute Gasteiger partial charge is 0.507 e. The van der Waals surface area contributed by atoms with Crippen LogP contribution in [0.3, 0.4) is 0 Å². The van der Waals surface area contributed by atoms with Gasteiger partial charge in [0.05, 0.1) is 25.3 Å². The molecular weight excluding hydrogens is 364 g/mol. The number of carbonyl (C=O) groups excluding carboxylic acids is 2. The highest BCUT2D eigenvalue weighted by molar-refractivity contribution is 5.95. The zero-order valence-electron chi connectivity index (χ0n) is 15.3. The molecule has 0 radical (unpaired) electrons. The number of ether oxygens (including phenoxy) is 2. The second-order valence-corrected chi connectivity index (χ2v) is 5.64. The summed E-state index contributed by atoms with van der Waals surface area (Å²) in [5.74, 6) is -1.34. The Morgan fingerprint density at radius 1 is 0.786 bits per heavy atom. The summed E-state index contributed by atoms with van der Waals surface area (Å²) >= 11 is 0. The number of phenols is 2. The van der Waals surface area contributed by atoms with E-state index in [0.29, 0.717) is 11.1 Å². The molecule has 8 heteroatoms. The predicted molar refractivity (Wildman–Crippen MR) is 105 cm³/mol. The molecule has 0 heterocycles. The average Bonchev–Trinajstić information content (AvgIpc) is 2.65. The van der Waals surface area contributed by atoms with Crippen molar-refractivity contribution in [2.24, 2.45) is 11.5 Å². The molecule has 0 aliphatic carbocycles. The highest BCUT2D eigenvalue weighted by Crippen LogP contribution is 2.49. The third kappa shape index (κ3) is 4.24. The summed E-state index contributed by atoms with van der Waals surface area (Å²) in [5.41, 5.74) is 11.4. The third-order valence-corrected chi connectivity index (χ3v) is 3.84. The van der Waals surface area contributed by atoms with Crippen LogP contribution in [-0.4, -0.2) is 36.2 Å². The minimum atomic E-state index is -0.657. The van der Waals surface area contributed by atoms with E-state index in [9.17, 15) is 19.8 Å². The summed E-state index contributed by atoms with van der Waals surface area (Å²) in [6, 6.07) is 5.81. The molecule has 0 saturated heterocycles. The summed E-state index contributed by atoms with van der Waals surface area (Å²) in [4.78, 5) is 22.1. The van der Waals surface area contributed by atoms with E-state index < -0.39 is 11.8 Å². The SMILES string of the molecule is COc1c(/C=C\C(N)=O)ccc(O)c1-c1c(O)ccc(/C=C\C(N)=O)c1OC. The Hall–Kier alpha value is -3.94. The fourth-order valence-corrected chi connectivity index (χ4v) is 2.71. The van der Waals surface area contributed by atoms with Crippen molar-refractivity contribution in [3.63, 3.8) is 0 Å². The smallest absolute Gasteiger partial charge is 0.241 e. The number of nitrogens with two attached hydrogens (primary N) is 2. The average molecular weight is 384 g/mol. The predicted octanol–water partition coefficient (Wildman–Crippen LogP) is 1.78. The van der Waals surface area contributed by atoms with Gasteiger partial charge in [0.25, 0.3) is 0 Å². The number of phenolic OH excluding ortho intramolecular Hbond substituents is 2. The van der Waals surface area contributed by atoms with E-state index in [4.69, 9.17) is 20.9 Å². The van der Waals surface area contributed by atoms with Crippen LogP contribution in [0.5, 0.6) is 23.0 Å². The first-order valence-electron chi connectivity index (χ1n) is 8.05. The maximum atomic E-state index is 11.1. The van der Waals surface area contributed by atoms with Crippen LogP contribution in [0.1, 0.15) is 11.1 Å². The first-order valence-corrected chi connectivity index (χ1v) is 8.05. The van der Waals surface area contributed by atoms with Crippen LogP contribution >= 0.6 is 0 Å². The Bertz CT molecular complexity index is 900. The zero-order valence-corrected chi connectivity index (χ0v) is 15.3. The van der Waals surface area contributed by atoms with Crippen molar-refractivity contribution in [1.82, 2.24) is 0 Å². The molecule has 2 amide bonds. The Labute approximate surface area is 161 Å². The minimum absolute atomic E-state index is 0.137. The summed E-state index contributed by atoms with van der Waals surface area (Å²) in [5, 5.41) is 21.0. The number of amides is 2. The number of carbonyl (C=O) groups is 2. The van der Waals surface area contributed by atoms with Crippen LogP contribution in [0.15, 0.2) is 36.4 Å². The molecule has 0 aliphatic heterocycles. The van der Waals surface area contributed by atoms with Crippen LogP contribution in [0.4, 0.5) is 0 Å².